The Morgan fingerprint density at radius 2 is 2.14 bits per heavy atom. The largest absolute Gasteiger partial charge is 0.465 e. The Hall–Kier alpha value is -1.55. The minimum atomic E-state index is -0.797. The van der Waals surface area contributed by atoms with Gasteiger partial charge in [0.2, 0.25) is 0 Å². The van der Waals surface area contributed by atoms with Gasteiger partial charge in [-0.25, -0.2) is 4.79 Å². The molecule has 1 fully saturated rings. The summed E-state index contributed by atoms with van der Waals surface area (Å²) in [5, 5.41) is 10.8. The summed E-state index contributed by atoms with van der Waals surface area (Å²) >= 11 is 0. The van der Waals surface area contributed by atoms with Crippen molar-refractivity contribution in [3.8, 4) is 0 Å². The van der Waals surface area contributed by atoms with E-state index < -0.39 is 11.6 Å². The van der Waals surface area contributed by atoms with Crippen molar-refractivity contribution in [3.63, 3.8) is 0 Å². The third-order valence-electron chi connectivity index (χ3n) is 5.17. The number of rotatable bonds is 3. The molecule has 0 aliphatic heterocycles. The van der Waals surface area contributed by atoms with Gasteiger partial charge in [0, 0.05) is 11.6 Å². The number of benzene rings is 1. The summed E-state index contributed by atoms with van der Waals surface area (Å²) < 4.78 is 4.79. The van der Waals surface area contributed by atoms with Crippen molar-refractivity contribution in [1.29, 1.82) is 0 Å². The van der Waals surface area contributed by atoms with Crippen molar-refractivity contribution in [2.24, 2.45) is 11.8 Å². The average molecular weight is 305 g/mol. The van der Waals surface area contributed by atoms with Gasteiger partial charge in [-0.05, 0) is 49.7 Å². The number of aliphatic hydroxyl groups is 1. The lowest BCUT2D eigenvalue weighted by atomic mass is 9.66. The van der Waals surface area contributed by atoms with Crippen LogP contribution in [0.25, 0.3) is 0 Å². The van der Waals surface area contributed by atoms with Gasteiger partial charge in [-0.15, -0.1) is 0 Å². The van der Waals surface area contributed by atoms with E-state index in [4.69, 9.17) is 10.5 Å². The summed E-state index contributed by atoms with van der Waals surface area (Å²) in [6.07, 6.45) is 2.67. The highest BCUT2D eigenvalue weighted by atomic mass is 16.5. The third-order valence-corrected chi connectivity index (χ3v) is 5.17. The highest BCUT2D eigenvalue weighted by Crippen LogP contribution is 2.47. The molecule has 4 nitrogen and oxygen atoms in total. The SMILES string of the molecule is COC(=O)c1cccc(C2CC(C(C)C)CCC2(C)O)c1N. The number of carbonyl (C=O) groups excluding carboxylic acids is 1. The van der Waals surface area contributed by atoms with Crippen LogP contribution >= 0.6 is 0 Å². The number of methoxy groups -OCH3 is 1. The number of carbonyl (C=O) groups is 1. The molecule has 0 spiro atoms. The van der Waals surface area contributed by atoms with Crippen LogP contribution in [0.15, 0.2) is 18.2 Å². The van der Waals surface area contributed by atoms with Gasteiger partial charge < -0.3 is 15.6 Å². The standard InChI is InChI=1S/C18H27NO3/c1-11(2)12-8-9-18(3,21)15(10-12)13-6-5-7-14(16(13)19)17(20)22-4/h5-7,11-12,15,21H,8-10,19H2,1-4H3. The van der Waals surface area contributed by atoms with Crippen LogP contribution in [0.4, 0.5) is 5.69 Å². The van der Waals surface area contributed by atoms with Crippen LogP contribution in [0.1, 0.15) is 61.9 Å². The molecule has 0 heterocycles. The van der Waals surface area contributed by atoms with Crippen LogP contribution in [0.2, 0.25) is 0 Å². The maximum Gasteiger partial charge on any atom is 0.339 e. The number of hydrogen-bond donors (Lipinski definition) is 2. The lowest BCUT2D eigenvalue weighted by molar-refractivity contribution is -0.0201. The number of esters is 1. The summed E-state index contributed by atoms with van der Waals surface area (Å²) in [6, 6.07) is 5.40. The minimum Gasteiger partial charge on any atom is -0.465 e. The number of para-hydroxylation sites is 1. The van der Waals surface area contributed by atoms with Crippen molar-refractivity contribution in [2.75, 3.05) is 12.8 Å². The number of nitrogens with two attached hydrogens (primary N) is 1. The summed E-state index contributed by atoms with van der Waals surface area (Å²) in [4.78, 5) is 11.8. The van der Waals surface area contributed by atoms with Gasteiger partial charge in [0.05, 0.1) is 18.3 Å². The fraction of sp³-hybridized carbons (Fsp3) is 0.611. The highest BCUT2D eigenvalue weighted by Gasteiger charge is 2.41. The highest BCUT2D eigenvalue weighted by molar-refractivity contribution is 5.95. The monoisotopic (exact) mass is 305 g/mol. The van der Waals surface area contributed by atoms with E-state index in [1.54, 1.807) is 6.07 Å². The molecule has 2 rings (SSSR count). The fourth-order valence-corrected chi connectivity index (χ4v) is 3.57. The lowest BCUT2D eigenvalue weighted by Gasteiger charge is -2.43. The zero-order valence-electron chi connectivity index (χ0n) is 13.9. The summed E-state index contributed by atoms with van der Waals surface area (Å²) in [5.41, 5.74) is 7.10. The quantitative estimate of drug-likeness (QED) is 0.663. The maximum atomic E-state index is 11.8. The van der Waals surface area contributed by atoms with Gasteiger partial charge in [-0.3, -0.25) is 0 Å². The van der Waals surface area contributed by atoms with Crippen LogP contribution in [0.5, 0.6) is 0 Å². The van der Waals surface area contributed by atoms with Crippen LogP contribution < -0.4 is 5.73 Å². The molecular formula is C18H27NO3. The zero-order chi connectivity index (χ0) is 16.5. The van der Waals surface area contributed by atoms with E-state index in [9.17, 15) is 9.90 Å². The van der Waals surface area contributed by atoms with Gasteiger partial charge in [0.1, 0.15) is 0 Å². The molecule has 0 aromatic heterocycles. The first-order chi connectivity index (χ1) is 10.3. The molecule has 1 aromatic carbocycles. The van der Waals surface area contributed by atoms with Gasteiger partial charge >= 0.3 is 5.97 Å². The number of nitrogen functional groups attached to an aromatic ring is 1. The summed E-state index contributed by atoms with van der Waals surface area (Å²) in [6.45, 7) is 6.31. The molecule has 22 heavy (non-hydrogen) atoms. The topological polar surface area (TPSA) is 72.5 Å². The summed E-state index contributed by atoms with van der Waals surface area (Å²) in [5.74, 6) is 0.642. The van der Waals surface area contributed by atoms with E-state index in [0.717, 1.165) is 24.8 Å². The van der Waals surface area contributed by atoms with E-state index >= 15 is 0 Å². The zero-order valence-corrected chi connectivity index (χ0v) is 13.9. The third kappa shape index (κ3) is 3.12. The van der Waals surface area contributed by atoms with Gasteiger partial charge in [0.25, 0.3) is 0 Å². The molecule has 0 radical (unpaired) electrons. The molecule has 1 saturated carbocycles. The maximum absolute atomic E-state index is 11.8. The normalized spacial score (nSPS) is 28.6. The molecule has 122 valence electrons. The van der Waals surface area contributed by atoms with Gasteiger partial charge in [-0.2, -0.15) is 0 Å². The Balaban J connectivity index is 2.42. The first kappa shape index (κ1) is 16.8. The molecule has 0 bridgehead atoms. The molecule has 3 N–H and O–H groups in total. The Labute approximate surface area is 132 Å². The molecule has 3 atom stereocenters. The van der Waals surface area contributed by atoms with Crippen LogP contribution in [0.3, 0.4) is 0 Å². The molecule has 0 amide bonds. The molecular weight excluding hydrogens is 278 g/mol. The predicted octanol–water partition coefficient (Wildman–Crippen LogP) is 3.35. The van der Waals surface area contributed by atoms with E-state index in [1.807, 2.05) is 19.1 Å². The van der Waals surface area contributed by atoms with Crippen LogP contribution in [-0.4, -0.2) is 23.8 Å². The predicted molar refractivity (Wildman–Crippen MR) is 87.7 cm³/mol. The second kappa shape index (κ2) is 6.29. The molecule has 4 heteroatoms. The van der Waals surface area contributed by atoms with E-state index in [-0.39, 0.29) is 5.92 Å². The first-order valence-corrected chi connectivity index (χ1v) is 7.97. The van der Waals surface area contributed by atoms with E-state index in [2.05, 4.69) is 13.8 Å². The molecule has 1 aliphatic carbocycles. The van der Waals surface area contributed by atoms with Crippen molar-refractivity contribution >= 4 is 11.7 Å². The summed E-state index contributed by atoms with van der Waals surface area (Å²) in [7, 11) is 1.35. The molecule has 1 aliphatic rings. The Kier molecular flexibility index (Phi) is 4.81. The van der Waals surface area contributed by atoms with E-state index in [1.165, 1.54) is 7.11 Å². The van der Waals surface area contributed by atoms with Crippen LogP contribution in [-0.2, 0) is 4.74 Å². The lowest BCUT2D eigenvalue weighted by Crippen LogP contribution is -2.40. The number of anilines is 1. The fourth-order valence-electron chi connectivity index (χ4n) is 3.57. The molecule has 3 unspecified atom stereocenters. The minimum absolute atomic E-state index is 0.0572. The van der Waals surface area contributed by atoms with Crippen LogP contribution in [0, 0.1) is 11.8 Å². The number of hydrogen-bond acceptors (Lipinski definition) is 4. The molecule has 1 aromatic rings. The van der Waals surface area contributed by atoms with Gasteiger partial charge in [0.15, 0.2) is 0 Å². The van der Waals surface area contributed by atoms with Crippen molar-refractivity contribution in [2.45, 2.75) is 51.6 Å². The van der Waals surface area contributed by atoms with Crippen molar-refractivity contribution in [1.82, 2.24) is 0 Å². The second-order valence-electron chi connectivity index (χ2n) is 6.99. The smallest absolute Gasteiger partial charge is 0.339 e. The van der Waals surface area contributed by atoms with Gasteiger partial charge in [-0.1, -0.05) is 26.0 Å². The van der Waals surface area contributed by atoms with Crippen molar-refractivity contribution in [3.05, 3.63) is 29.3 Å². The first-order valence-electron chi connectivity index (χ1n) is 7.97. The average Bonchev–Trinajstić information content (AvgIpc) is 2.46. The van der Waals surface area contributed by atoms with Crippen molar-refractivity contribution < 1.29 is 14.6 Å². The Bertz CT molecular complexity index is 551. The number of ether oxygens (including phenoxy) is 1. The Morgan fingerprint density at radius 1 is 1.45 bits per heavy atom. The molecule has 0 saturated heterocycles. The Morgan fingerprint density at radius 3 is 2.73 bits per heavy atom. The van der Waals surface area contributed by atoms with E-state index in [0.29, 0.717) is 23.1 Å². The second-order valence-corrected chi connectivity index (χ2v) is 6.99.